The minimum atomic E-state index is 0.507. The molecule has 16 heavy (non-hydrogen) atoms. The average molecular weight is 240 g/mol. The number of ether oxygens (including phenoxy) is 1. The number of hydrogen-bond donors (Lipinski definition) is 1. The Labute approximate surface area is 101 Å². The summed E-state index contributed by atoms with van der Waals surface area (Å²) in [5.74, 6) is 0.648. The highest BCUT2D eigenvalue weighted by molar-refractivity contribution is 7.11. The van der Waals surface area contributed by atoms with Crippen molar-refractivity contribution >= 4 is 11.3 Å². The molecule has 2 heterocycles. The van der Waals surface area contributed by atoms with Gasteiger partial charge in [0.25, 0.3) is 0 Å². The van der Waals surface area contributed by atoms with Crippen molar-refractivity contribution in [2.24, 2.45) is 5.92 Å². The third kappa shape index (κ3) is 2.62. The first-order chi connectivity index (χ1) is 7.70. The van der Waals surface area contributed by atoms with Crippen molar-refractivity contribution < 1.29 is 4.74 Å². The van der Waals surface area contributed by atoms with Gasteiger partial charge in [-0.3, -0.25) is 0 Å². The van der Waals surface area contributed by atoms with Crippen molar-refractivity contribution in [3.8, 4) is 0 Å². The van der Waals surface area contributed by atoms with Crippen molar-refractivity contribution in [2.75, 3.05) is 20.3 Å². The molecule has 2 rings (SSSR count). The first-order valence-corrected chi connectivity index (χ1v) is 6.70. The number of aryl methyl sites for hydroxylation is 2. The summed E-state index contributed by atoms with van der Waals surface area (Å²) in [4.78, 5) is 5.95. The van der Waals surface area contributed by atoms with E-state index in [9.17, 15) is 0 Å². The maximum absolute atomic E-state index is 5.45. The van der Waals surface area contributed by atoms with E-state index in [0.717, 1.165) is 19.6 Å². The van der Waals surface area contributed by atoms with Crippen molar-refractivity contribution in [2.45, 2.75) is 32.7 Å². The highest BCUT2D eigenvalue weighted by Crippen LogP contribution is 2.23. The maximum Gasteiger partial charge on any atom is 0.0946 e. The predicted octanol–water partition coefficient (Wildman–Crippen LogP) is 1.93. The maximum atomic E-state index is 5.45. The van der Waals surface area contributed by atoms with Crippen LogP contribution in [0.25, 0.3) is 0 Å². The van der Waals surface area contributed by atoms with Crippen molar-refractivity contribution in [1.82, 2.24) is 10.3 Å². The first-order valence-electron chi connectivity index (χ1n) is 5.88. The third-order valence-corrected chi connectivity index (χ3v) is 4.47. The highest BCUT2D eigenvalue weighted by atomic mass is 32.1. The topological polar surface area (TPSA) is 34.2 Å². The lowest BCUT2D eigenvalue weighted by Crippen LogP contribution is -2.35. The van der Waals surface area contributed by atoms with Gasteiger partial charge in [-0.25, -0.2) is 4.98 Å². The molecule has 0 aliphatic carbocycles. The molecule has 1 aliphatic heterocycles. The third-order valence-electron chi connectivity index (χ3n) is 3.37. The molecular weight excluding hydrogens is 220 g/mol. The summed E-state index contributed by atoms with van der Waals surface area (Å²) in [6.07, 6.45) is 2.21. The molecule has 1 fully saturated rings. The standard InChI is InChI=1S/C12H20N2OS/c1-8-9(2)16-12(14-8)6-11(13-3)10-4-5-15-7-10/h10-11,13H,4-7H2,1-3H3. The van der Waals surface area contributed by atoms with E-state index in [-0.39, 0.29) is 0 Å². The molecular formula is C12H20N2OS. The Morgan fingerprint density at radius 2 is 2.38 bits per heavy atom. The lowest BCUT2D eigenvalue weighted by Gasteiger charge is -2.20. The molecule has 0 bridgehead atoms. The number of likely N-dealkylation sites (N-methyl/N-ethyl adjacent to an activating group) is 1. The first kappa shape index (κ1) is 12.0. The molecule has 0 amide bonds. The molecule has 3 nitrogen and oxygen atoms in total. The molecule has 1 aromatic rings. The zero-order valence-electron chi connectivity index (χ0n) is 10.2. The smallest absolute Gasteiger partial charge is 0.0946 e. The van der Waals surface area contributed by atoms with E-state index in [2.05, 4.69) is 24.1 Å². The Hall–Kier alpha value is -0.450. The van der Waals surface area contributed by atoms with Crippen molar-refractivity contribution in [1.29, 1.82) is 0 Å². The van der Waals surface area contributed by atoms with Crippen molar-refractivity contribution in [3.05, 3.63) is 15.6 Å². The van der Waals surface area contributed by atoms with Crippen LogP contribution in [0.5, 0.6) is 0 Å². The summed E-state index contributed by atoms with van der Waals surface area (Å²) in [7, 11) is 2.04. The van der Waals surface area contributed by atoms with Crippen LogP contribution in [-0.2, 0) is 11.2 Å². The Bertz CT molecular complexity index is 325. The predicted molar refractivity (Wildman–Crippen MR) is 67.1 cm³/mol. The van der Waals surface area contributed by atoms with Gasteiger partial charge in [0.2, 0.25) is 0 Å². The van der Waals surface area contributed by atoms with Crippen LogP contribution >= 0.6 is 11.3 Å². The molecule has 1 aliphatic rings. The van der Waals surface area contributed by atoms with Gasteiger partial charge in [0, 0.05) is 29.9 Å². The number of hydrogen-bond acceptors (Lipinski definition) is 4. The fourth-order valence-corrected chi connectivity index (χ4v) is 3.18. The number of rotatable bonds is 4. The largest absolute Gasteiger partial charge is 0.381 e. The highest BCUT2D eigenvalue weighted by Gasteiger charge is 2.25. The van der Waals surface area contributed by atoms with Crippen LogP contribution in [0.15, 0.2) is 0 Å². The summed E-state index contributed by atoms with van der Waals surface area (Å²) >= 11 is 1.82. The van der Waals surface area contributed by atoms with Gasteiger partial charge in [0.15, 0.2) is 0 Å². The van der Waals surface area contributed by atoms with E-state index in [0.29, 0.717) is 12.0 Å². The Kier molecular flexibility index (Phi) is 3.95. The van der Waals surface area contributed by atoms with Crippen LogP contribution < -0.4 is 5.32 Å². The minimum Gasteiger partial charge on any atom is -0.381 e. The quantitative estimate of drug-likeness (QED) is 0.873. The van der Waals surface area contributed by atoms with Crippen LogP contribution in [-0.4, -0.2) is 31.3 Å². The summed E-state index contributed by atoms with van der Waals surface area (Å²) in [6, 6.07) is 0.507. The monoisotopic (exact) mass is 240 g/mol. The normalized spacial score (nSPS) is 22.6. The van der Waals surface area contributed by atoms with Gasteiger partial charge in [-0.2, -0.15) is 0 Å². The molecule has 1 N–H and O–H groups in total. The molecule has 2 unspecified atom stereocenters. The molecule has 2 atom stereocenters. The number of thiazole rings is 1. The zero-order chi connectivity index (χ0) is 11.5. The van der Waals surface area contributed by atoms with E-state index in [1.54, 1.807) is 0 Å². The summed E-state index contributed by atoms with van der Waals surface area (Å²) in [5, 5.41) is 4.66. The van der Waals surface area contributed by atoms with Gasteiger partial charge in [-0.1, -0.05) is 0 Å². The van der Waals surface area contributed by atoms with E-state index in [1.807, 2.05) is 18.4 Å². The van der Waals surface area contributed by atoms with Gasteiger partial charge >= 0.3 is 0 Å². The lowest BCUT2D eigenvalue weighted by atomic mass is 9.97. The molecule has 90 valence electrons. The van der Waals surface area contributed by atoms with Crippen LogP contribution in [0.2, 0.25) is 0 Å². The van der Waals surface area contributed by atoms with Crippen LogP contribution in [0.1, 0.15) is 22.0 Å². The van der Waals surface area contributed by atoms with Crippen molar-refractivity contribution in [3.63, 3.8) is 0 Å². The van der Waals surface area contributed by atoms with E-state index >= 15 is 0 Å². The fourth-order valence-electron chi connectivity index (χ4n) is 2.19. The molecule has 0 aromatic carbocycles. The van der Waals surface area contributed by atoms with Gasteiger partial charge in [0.05, 0.1) is 17.3 Å². The second-order valence-electron chi connectivity index (χ2n) is 4.47. The van der Waals surface area contributed by atoms with Crippen LogP contribution in [0.3, 0.4) is 0 Å². The molecule has 0 spiro atoms. The van der Waals surface area contributed by atoms with E-state index < -0.39 is 0 Å². The van der Waals surface area contributed by atoms with Gasteiger partial charge in [-0.15, -0.1) is 11.3 Å². The average Bonchev–Trinajstić information content (AvgIpc) is 2.86. The van der Waals surface area contributed by atoms with E-state index in [4.69, 9.17) is 4.74 Å². The summed E-state index contributed by atoms with van der Waals surface area (Å²) < 4.78 is 5.45. The second kappa shape index (κ2) is 5.25. The molecule has 1 aromatic heterocycles. The summed E-state index contributed by atoms with van der Waals surface area (Å²) in [6.45, 7) is 6.04. The molecule has 0 saturated carbocycles. The SMILES string of the molecule is CNC(Cc1nc(C)c(C)s1)C1CCOC1. The Balaban J connectivity index is 2.00. The molecule has 4 heteroatoms. The van der Waals surface area contributed by atoms with Crippen LogP contribution in [0, 0.1) is 19.8 Å². The van der Waals surface area contributed by atoms with Gasteiger partial charge in [-0.05, 0) is 27.3 Å². The number of aromatic nitrogens is 1. The fraction of sp³-hybridized carbons (Fsp3) is 0.750. The van der Waals surface area contributed by atoms with Gasteiger partial charge in [0.1, 0.15) is 0 Å². The van der Waals surface area contributed by atoms with Crippen LogP contribution in [0.4, 0.5) is 0 Å². The van der Waals surface area contributed by atoms with Gasteiger partial charge < -0.3 is 10.1 Å². The molecule has 0 radical (unpaired) electrons. The molecule has 1 saturated heterocycles. The minimum absolute atomic E-state index is 0.507. The second-order valence-corrected chi connectivity index (χ2v) is 5.76. The zero-order valence-corrected chi connectivity index (χ0v) is 11.1. The lowest BCUT2D eigenvalue weighted by molar-refractivity contribution is 0.177. The number of nitrogens with one attached hydrogen (secondary N) is 1. The Morgan fingerprint density at radius 3 is 2.88 bits per heavy atom. The number of nitrogens with zero attached hydrogens (tertiary/aromatic N) is 1. The Morgan fingerprint density at radius 1 is 1.56 bits per heavy atom. The van der Waals surface area contributed by atoms with E-state index in [1.165, 1.54) is 22.0 Å². The summed E-state index contributed by atoms with van der Waals surface area (Å²) in [5.41, 5.74) is 1.18.